The molecule has 0 unspecified atom stereocenters. The van der Waals surface area contributed by atoms with Crippen molar-refractivity contribution in [3.63, 3.8) is 0 Å². The van der Waals surface area contributed by atoms with Gasteiger partial charge in [0.05, 0.1) is 4.53 Å². The van der Waals surface area contributed by atoms with Gasteiger partial charge in [0, 0.05) is 30.8 Å². The summed E-state index contributed by atoms with van der Waals surface area (Å²) in [5, 5.41) is 0. The third-order valence-corrected chi connectivity index (χ3v) is 7.93. The second kappa shape index (κ2) is 7.89. The first-order valence-corrected chi connectivity index (χ1v) is 12.2. The number of rotatable bonds is 3. The number of fused-ring (bicyclic) bond motifs is 2. The summed E-state index contributed by atoms with van der Waals surface area (Å²) >= 11 is 1.15. The summed E-state index contributed by atoms with van der Waals surface area (Å²) in [7, 11) is 3.42. The Balaban J connectivity index is 1.72. The highest BCUT2D eigenvalue weighted by atomic mass is 32.1. The molecule has 3 heterocycles. The van der Waals surface area contributed by atoms with Gasteiger partial charge >= 0.3 is 6.03 Å². The molecule has 36 heavy (non-hydrogen) atoms. The number of nitrogens with one attached hydrogen (secondary N) is 1. The Kier molecular flexibility index (Phi) is 4.87. The van der Waals surface area contributed by atoms with Crippen LogP contribution < -0.4 is 20.3 Å². The molecule has 0 aliphatic carbocycles. The van der Waals surface area contributed by atoms with E-state index < -0.39 is 17.1 Å². The van der Waals surface area contributed by atoms with Gasteiger partial charge in [0.1, 0.15) is 5.82 Å². The number of carbonyl (C=O) groups excluding carboxylic acids is 1. The Hall–Kier alpha value is -4.24. The average Bonchev–Trinajstić information content (AvgIpc) is 3.30. The quantitative estimate of drug-likeness (QED) is 0.471. The SMILES string of the molecule is CN1C(=O)N(C)[C@@]2(c3ccccc3)Nn3c(s/c(=C/c4ccccc4F)c3=O)=N[C@]12c1ccccc1. The molecule has 1 aromatic heterocycles. The average molecular weight is 500 g/mol. The van der Waals surface area contributed by atoms with Crippen LogP contribution in [0.15, 0.2) is 94.7 Å². The van der Waals surface area contributed by atoms with E-state index >= 15 is 0 Å². The van der Waals surface area contributed by atoms with E-state index in [0.29, 0.717) is 14.9 Å². The Bertz CT molecular complexity index is 1670. The maximum absolute atomic E-state index is 14.4. The summed E-state index contributed by atoms with van der Waals surface area (Å²) in [5.41, 5.74) is 2.43. The molecule has 0 saturated carbocycles. The van der Waals surface area contributed by atoms with Crippen molar-refractivity contribution in [3.05, 3.63) is 127 Å². The number of hydrogen-bond donors (Lipinski definition) is 1. The number of nitrogens with zero attached hydrogens (tertiary/aromatic N) is 4. The zero-order chi connectivity index (χ0) is 25.1. The maximum Gasteiger partial charge on any atom is 0.324 e. The van der Waals surface area contributed by atoms with Crippen LogP contribution in [0.4, 0.5) is 9.18 Å². The van der Waals surface area contributed by atoms with E-state index in [4.69, 9.17) is 4.99 Å². The molecule has 2 amide bonds. The first kappa shape index (κ1) is 22.2. The lowest BCUT2D eigenvalue weighted by Gasteiger charge is -2.49. The normalized spacial score (nSPS) is 23.2. The number of halogens is 1. The summed E-state index contributed by atoms with van der Waals surface area (Å²) in [6.45, 7) is 0. The number of urea groups is 1. The molecule has 9 heteroatoms. The van der Waals surface area contributed by atoms with E-state index in [9.17, 15) is 14.0 Å². The molecule has 2 aliphatic heterocycles. The van der Waals surface area contributed by atoms with Crippen LogP contribution in [0.25, 0.3) is 6.08 Å². The molecule has 0 bridgehead atoms. The Labute approximate surface area is 210 Å². The van der Waals surface area contributed by atoms with Crippen LogP contribution in [0.5, 0.6) is 0 Å². The van der Waals surface area contributed by atoms with Crippen LogP contribution in [0, 0.1) is 5.82 Å². The van der Waals surface area contributed by atoms with Gasteiger partial charge in [-0.15, -0.1) is 0 Å². The third-order valence-electron chi connectivity index (χ3n) is 6.96. The van der Waals surface area contributed by atoms with E-state index in [1.807, 2.05) is 60.7 Å². The van der Waals surface area contributed by atoms with E-state index in [2.05, 4.69) is 5.43 Å². The summed E-state index contributed by atoms with van der Waals surface area (Å²) < 4.78 is 16.1. The van der Waals surface area contributed by atoms with Crippen molar-refractivity contribution >= 4 is 23.4 Å². The van der Waals surface area contributed by atoms with E-state index in [-0.39, 0.29) is 11.6 Å². The first-order valence-electron chi connectivity index (χ1n) is 11.4. The monoisotopic (exact) mass is 499 g/mol. The highest BCUT2D eigenvalue weighted by Crippen LogP contribution is 2.53. The summed E-state index contributed by atoms with van der Waals surface area (Å²) in [4.78, 5) is 35.9. The van der Waals surface area contributed by atoms with Gasteiger partial charge in [0.2, 0.25) is 16.1 Å². The van der Waals surface area contributed by atoms with E-state index in [1.54, 1.807) is 42.1 Å². The minimum absolute atomic E-state index is 0.250. The molecule has 1 saturated heterocycles. The molecular formula is C27H22FN5O2S. The number of likely N-dealkylation sites (N-methyl/N-ethyl adjacent to an activating group) is 2. The predicted molar refractivity (Wildman–Crippen MR) is 136 cm³/mol. The minimum atomic E-state index is -1.24. The fraction of sp³-hybridized carbons (Fsp3) is 0.148. The summed E-state index contributed by atoms with van der Waals surface area (Å²) in [6.07, 6.45) is 1.53. The summed E-state index contributed by atoms with van der Waals surface area (Å²) in [6, 6.07) is 25.1. The minimum Gasteiger partial charge on any atom is -0.295 e. The zero-order valence-electron chi connectivity index (χ0n) is 19.6. The van der Waals surface area contributed by atoms with Crippen molar-refractivity contribution in [2.75, 3.05) is 19.5 Å². The van der Waals surface area contributed by atoms with Gasteiger partial charge < -0.3 is 0 Å². The molecule has 180 valence electrons. The molecule has 0 spiro atoms. The molecule has 2 atom stereocenters. The van der Waals surface area contributed by atoms with Crippen LogP contribution in [0.2, 0.25) is 0 Å². The van der Waals surface area contributed by atoms with Gasteiger partial charge in [-0.3, -0.25) is 20.0 Å². The number of hydrogen-bond acceptors (Lipinski definition) is 5. The highest BCUT2D eigenvalue weighted by Gasteiger charge is 2.69. The molecule has 1 fully saturated rings. The molecular weight excluding hydrogens is 477 g/mol. The Morgan fingerprint density at radius 3 is 2.14 bits per heavy atom. The molecule has 4 aromatic rings. The van der Waals surface area contributed by atoms with Crippen molar-refractivity contribution < 1.29 is 9.18 Å². The van der Waals surface area contributed by atoms with Crippen LogP contribution in [0.1, 0.15) is 16.7 Å². The molecule has 1 N–H and O–H groups in total. The van der Waals surface area contributed by atoms with Crippen LogP contribution in [-0.4, -0.2) is 34.6 Å². The van der Waals surface area contributed by atoms with Crippen LogP contribution in [0.3, 0.4) is 0 Å². The number of aromatic nitrogens is 1. The smallest absolute Gasteiger partial charge is 0.295 e. The standard InChI is InChI=1S/C27H22FN5O2S/c1-31-25(35)32(2)27(20-14-7-4-8-15-20)26(31,19-12-5-3-6-13-19)29-24-33(30-27)23(34)22(36-24)17-18-11-9-10-16-21(18)28/h3-17,30H,1-2H3/b22-17+/t26-,27-/m1/s1. The van der Waals surface area contributed by atoms with Crippen LogP contribution >= 0.6 is 11.3 Å². The van der Waals surface area contributed by atoms with E-state index in [0.717, 1.165) is 22.5 Å². The van der Waals surface area contributed by atoms with Gasteiger partial charge in [-0.2, -0.15) is 4.68 Å². The van der Waals surface area contributed by atoms with Gasteiger partial charge in [0.15, 0.2) is 0 Å². The fourth-order valence-corrected chi connectivity index (χ4v) is 6.21. The lowest BCUT2D eigenvalue weighted by molar-refractivity contribution is 0.0648. The van der Waals surface area contributed by atoms with Gasteiger partial charge in [-0.05, 0) is 12.1 Å². The zero-order valence-corrected chi connectivity index (χ0v) is 20.4. The molecule has 2 aliphatic rings. The van der Waals surface area contributed by atoms with Crippen molar-refractivity contribution in [2.24, 2.45) is 4.99 Å². The van der Waals surface area contributed by atoms with Crippen molar-refractivity contribution in [2.45, 2.75) is 11.3 Å². The van der Waals surface area contributed by atoms with Crippen molar-refractivity contribution in [1.82, 2.24) is 14.5 Å². The number of thiazole rings is 1. The highest BCUT2D eigenvalue weighted by molar-refractivity contribution is 7.07. The molecule has 6 rings (SSSR count). The molecule has 7 nitrogen and oxygen atoms in total. The van der Waals surface area contributed by atoms with E-state index in [1.165, 1.54) is 16.8 Å². The van der Waals surface area contributed by atoms with Crippen molar-refractivity contribution in [1.29, 1.82) is 0 Å². The lowest BCUT2D eigenvalue weighted by Crippen LogP contribution is -2.67. The number of carbonyl (C=O) groups is 1. The second-order valence-corrected chi connectivity index (χ2v) is 9.80. The molecule has 3 aromatic carbocycles. The lowest BCUT2D eigenvalue weighted by atomic mass is 9.80. The van der Waals surface area contributed by atoms with Crippen LogP contribution in [-0.2, 0) is 11.3 Å². The topological polar surface area (TPSA) is 69.9 Å². The predicted octanol–water partition coefficient (Wildman–Crippen LogP) is 2.76. The summed E-state index contributed by atoms with van der Waals surface area (Å²) in [5.74, 6) is -0.415. The number of benzene rings is 3. The second-order valence-electron chi connectivity index (χ2n) is 8.79. The van der Waals surface area contributed by atoms with Gasteiger partial charge in [-0.25, -0.2) is 14.2 Å². The fourth-order valence-electron chi connectivity index (χ4n) is 5.25. The van der Waals surface area contributed by atoms with Gasteiger partial charge in [0.25, 0.3) is 5.56 Å². The molecule has 0 radical (unpaired) electrons. The third kappa shape index (κ3) is 2.80. The largest absolute Gasteiger partial charge is 0.324 e. The van der Waals surface area contributed by atoms with Crippen molar-refractivity contribution in [3.8, 4) is 0 Å². The maximum atomic E-state index is 14.4. The Morgan fingerprint density at radius 2 is 1.47 bits per heavy atom. The number of amides is 2. The van der Waals surface area contributed by atoms with Gasteiger partial charge in [-0.1, -0.05) is 90.2 Å². The Morgan fingerprint density at radius 1 is 0.861 bits per heavy atom. The first-order chi connectivity index (χ1) is 17.4.